The fourth-order valence-electron chi connectivity index (χ4n) is 2.34. The van der Waals surface area contributed by atoms with Gasteiger partial charge in [0.15, 0.2) is 0 Å². The molecule has 2 aromatic rings. The van der Waals surface area contributed by atoms with Gasteiger partial charge in [0.25, 0.3) is 0 Å². The average molecular weight is 383 g/mol. The Kier molecular flexibility index (Phi) is 8.09. The second-order valence-corrected chi connectivity index (χ2v) is 6.12. The molecule has 0 saturated heterocycles. The fourth-order valence-corrected chi connectivity index (χ4v) is 2.34. The Labute approximate surface area is 165 Å². The summed E-state index contributed by atoms with van der Waals surface area (Å²) < 4.78 is 15.8. The van der Waals surface area contributed by atoms with E-state index in [1.165, 1.54) is 6.08 Å². The van der Waals surface area contributed by atoms with Gasteiger partial charge in [-0.15, -0.1) is 0 Å². The van der Waals surface area contributed by atoms with Crippen LogP contribution in [0, 0.1) is 6.92 Å². The zero-order valence-corrected chi connectivity index (χ0v) is 16.3. The maximum absolute atomic E-state index is 12.0. The van der Waals surface area contributed by atoms with Crippen molar-refractivity contribution in [3.63, 3.8) is 0 Å². The van der Waals surface area contributed by atoms with Gasteiger partial charge in [0.2, 0.25) is 5.91 Å². The number of aryl methyl sites for hydroxylation is 1. The van der Waals surface area contributed by atoms with E-state index in [4.69, 9.17) is 14.2 Å². The molecule has 28 heavy (non-hydrogen) atoms. The third-order valence-electron chi connectivity index (χ3n) is 3.93. The molecule has 0 aliphatic carbocycles. The van der Waals surface area contributed by atoms with Crippen LogP contribution in [0.2, 0.25) is 0 Å². The molecule has 1 atom stereocenters. The number of esters is 1. The lowest BCUT2D eigenvalue weighted by Crippen LogP contribution is -2.39. The lowest BCUT2D eigenvalue weighted by molar-refractivity contribution is -0.147. The van der Waals surface area contributed by atoms with Crippen LogP contribution in [0.5, 0.6) is 11.5 Å². The SMILES string of the molecule is COc1ccc(/C=C/C(=O)NC(C)C(=O)OCCOc2ccccc2C)cc1. The Morgan fingerprint density at radius 1 is 1.07 bits per heavy atom. The second kappa shape index (κ2) is 10.8. The minimum atomic E-state index is -0.758. The first-order chi connectivity index (χ1) is 13.5. The molecule has 0 heterocycles. The van der Waals surface area contributed by atoms with Crippen molar-refractivity contribution in [2.75, 3.05) is 20.3 Å². The van der Waals surface area contributed by atoms with E-state index >= 15 is 0 Å². The largest absolute Gasteiger partial charge is 0.497 e. The molecular formula is C22H25NO5. The Morgan fingerprint density at radius 2 is 1.79 bits per heavy atom. The third-order valence-corrected chi connectivity index (χ3v) is 3.93. The van der Waals surface area contributed by atoms with E-state index in [1.54, 1.807) is 32.2 Å². The van der Waals surface area contributed by atoms with Gasteiger partial charge in [-0.1, -0.05) is 30.3 Å². The lowest BCUT2D eigenvalue weighted by Gasteiger charge is -2.13. The summed E-state index contributed by atoms with van der Waals surface area (Å²) in [6.45, 7) is 3.87. The Balaban J connectivity index is 1.71. The van der Waals surface area contributed by atoms with Gasteiger partial charge in [-0.25, -0.2) is 4.79 Å². The van der Waals surface area contributed by atoms with Crippen LogP contribution in [0.15, 0.2) is 54.6 Å². The summed E-state index contributed by atoms with van der Waals surface area (Å²) in [5, 5.41) is 2.57. The predicted molar refractivity (Wildman–Crippen MR) is 107 cm³/mol. The van der Waals surface area contributed by atoms with Gasteiger partial charge in [-0.3, -0.25) is 4.79 Å². The number of hydrogen-bond donors (Lipinski definition) is 1. The molecule has 148 valence electrons. The number of para-hydroxylation sites is 1. The topological polar surface area (TPSA) is 73.9 Å². The highest BCUT2D eigenvalue weighted by atomic mass is 16.6. The van der Waals surface area contributed by atoms with E-state index in [-0.39, 0.29) is 19.1 Å². The summed E-state index contributed by atoms with van der Waals surface area (Å²) in [5.74, 6) is 0.601. The quantitative estimate of drug-likeness (QED) is 0.409. The highest BCUT2D eigenvalue weighted by Gasteiger charge is 2.15. The molecule has 2 rings (SSSR count). The van der Waals surface area contributed by atoms with Crippen molar-refractivity contribution in [3.8, 4) is 11.5 Å². The average Bonchev–Trinajstić information content (AvgIpc) is 2.71. The lowest BCUT2D eigenvalue weighted by atomic mass is 10.2. The number of ether oxygens (including phenoxy) is 3. The number of carbonyl (C=O) groups excluding carboxylic acids is 2. The highest BCUT2D eigenvalue weighted by Crippen LogP contribution is 2.15. The van der Waals surface area contributed by atoms with E-state index < -0.39 is 12.0 Å². The zero-order chi connectivity index (χ0) is 20.4. The van der Waals surface area contributed by atoms with Crippen molar-refractivity contribution in [2.24, 2.45) is 0 Å². The first-order valence-electron chi connectivity index (χ1n) is 8.97. The van der Waals surface area contributed by atoms with Gasteiger partial charge in [0, 0.05) is 6.08 Å². The number of hydrogen-bond acceptors (Lipinski definition) is 5. The monoisotopic (exact) mass is 383 g/mol. The second-order valence-electron chi connectivity index (χ2n) is 6.12. The van der Waals surface area contributed by atoms with Crippen molar-refractivity contribution in [1.29, 1.82) is 0 Å². The summed E-state index contributed by atoms with van der Waals surface area (Å²) in [4.78, 5) is 23.9. The first kappa shape index (κ1) is 21.0. The van der Waals surface area contributed by atoms with Gasteiger partial charge in [0.1, 0.15) is 30.8 Å². The normalized spacial score (nSPS) is 11.7. The van der Waals surface area contributed by atoms with Gasteiger partial charge in [0.05, 0.1) is 7.11 Å². The number of carbonyl (C=O) groups is 2. The molecule has 6 nitrogen and oxygen atoms in total. The van der Waals surface area contributed by atoms with Crippen LogP contribution in [0.25, 0.3) is 6.08 Å². The van der Waals surface area contributed by atoms with Crippen molar-refractivity contribution in [3.05, 3.63) is 65.7 Å². The molecule has 1 unspecified atom stereocenters. The highest BCUT2D eigenvalue weighted by molar-refractivity contribution is 5.94. The molecule has 0 fully saturated rings. The van der Waals surface area contributed by atoms with Gasteiger partial charge in [-0.05, 0) is 49.2 Å². The molecular weight excluding hydrogens is 358 g/mol. The van der Waals surface area contributed by atoms with E-state index in [1.807, 2.05) is 43.3 Å². The summed E-state index contributed by atoms with van der Waals surface area (Å²) in [6, 6.07) is 14.1. The fraction of sp³-hybridized carbons (Fsp3) is 0.273. The molecule has 6 heteroatoms. The predicted octanol–water partition coefficient (Wildman–Crippen LogP) is 3.14. The summed E-state index contributed by atoms with van der Waals surface area (Å²) in [7, 11) is 1.59. The van der Waals surface area contributed by atoms with E-state index in [9.17, 15) is 9.59 Å². The number of amides is 1. The molecule has 0 radical (unpaired) electrons. The zero-order valence-electron chi connectivity index (χ0n) is 16.3. The Hall–Kier alpha value is -3.28. The summed E-state index contributed by atoms with van der Waals surface area (Å²) in [6.07, 6.45) is 3.02. The van der Waals surface area contributed by atoms with E-state index in [0.717, 1.165) is 22.6 Å². The molecule has 0 spiro atoms. The number of benzene rings is 2. The van der Waals surface area contributed by atoms with Crippen LogP contribution in [0.4, 0.5) is 0 Å². The molecule has 0 bridgehead atoms. The van der Waals surface area contributed by atoms with Crippen LogP contribution in [0.1, 0.15) is 18.1 Å². The van der Waals surface area contributed by atoms with Crippen LogP contribution in [-0.2, 0) is 14.3 Å². The van der Waals surface area contributed by atoms with Gasteiger partial charge < -0.3 is 19.5 Å². The molecule has 1 amide bonds. The molecule has 0 aliphatic heterocycles. The summed E-state index contributed by atoms with van der Waals surface area (Å²) >= 11 is 0. The van der Waals surface area contributed by atoms with Crippen LogP contribution in [0.3, 0.4) is 0 Å². The maximum atomic E-state index is 12.0. The van der Waals surface area contributed by atoms with Crippen molar-refractivity contribution in [2.45, 2.75) is 19.9 Å². The molecule has 0 aliphatic rings. The maximum Gasteiger partial charge on any atom is 0.328 e. The van der Waals surface area contributed by atoms with E-state index in [2.05, 4.69) is 5.32 Å². The number of nitrogens with one attached hydrogen (secondary N) is 1. The summed E-state index contributed by atoms with van der Waals surface area (Å²) in [5.41, 5.74) is 1.86. The molecule has 1 N–H and O–H groups in total. The van der Waals surface area contributed by atoms with Gasteiger partial charge >= 0.3 is 5.97 Å². The third kappa shape index (κ3) is 6.79. The van der Waals surface area contributed by atoms with Crippen molar-refractivity contribution < 1.29 is 23.8 Å². The first-order valence-corrected chi connectivity index (χ1v) is 8.97. The Bertz CT molecular complexity index is 814. The Morgan fingerprint density at radius 3 is 2.46 bits per heavy atom. The number of methoxy groups -OCH3 is 1. The van der Waals surface area contributed by atoms with Crippen molar-refractivity contribution in [1.82, 2.24) is 5.32 Å². The van der Waals surface area contributed by atoms with Crippen LogP contribution < -0.4 is 14.8 Å². The van der Waals surface area contributed by atoms with Crippen LogP contribution >= 0.6 is 0 Å². The van der Waals surface area contributed by atoms with Gasteiger partial charge in [-0.2, -0.15) is 0 Å². The van der Waals surface area contributed by atoms with Crippen molar-refractivity contribution >= 4 is 18.0 Å². The molecule has 2 aromatic carbocycles. The minimum absolute atomic E-state index is 0.106. The molecule has 0 aromatic heterocycles. The minimum Gasteiger partial charge on any atom is -0.497 e. The van der Waals surface area contributed by atoms with E-state index in [0.29, 0.717) is 0 Å². The smallest absolute Gasteiger partial charge is 0.328 e. The molecule has 0 saturated carbocycles. The number of rotatable bonds is 9. The van der Waals surface area contributed by atoms with Crippen LogP contribution in [-0.4, -0.2) is 38.2 Å². The standard InChI is InChI=1S/C22H25NO5/c1-16-6-4-5-7-20(16)27-14-15-28-22(25)17(2)23-21(24)13-10-18-8-11-19(26-3)12-9-18/h4-13,17H,14-15H2,1-3H3,(H,23,24)/b13-10+.